The molecule has 0 aliphatic rings. The third kappa shape index (κ3) is 2.22. The molecule has 5 nitrogen and oxygen atoms in total. The van der Waals surface area contributed by atoms with Crippen LogP contribution in [0.15, 0.2) is 18.5 Å². The Labute approximate surface area is 95.8 Å². The van der Waals surface area contributed by atoms with Crippen LogP contribution in [0.1, 0.15) is 10.6 Å². The molecule has 0 saturated carbocycles. The summed E-state index contributed by atoms with van der Waals surface area (Å²) in [6.07, 6.45) is 3.27. The quantitative estimate of drug-likeness (QED) is 0.873. The first-order valence-corrected chi connectivity index (χ1v) is 5.44. The second-order valence-electron chi connectivity index (χ2n) is 3.17. The van der Waals surface area contributed by atoms with E-state index in [1.165, 1.54) is 11.3 Å². The lowest BCUT2D eigenvalue weighted by Gasteiger charge is -1.91. The average molecular weight is 235 g/mol. The Hall–Kier alpha value is -1.82. The highest BCUT2D eigenvalue weighted by molar-refractivity contribution is 7.15. The molecule has 2 aromatic heterocycles. The van der Waals surface area contributed by atoms with Crippen LogP contribution in [-0.2, 0) is 11.2 Å². The van der Waals surface area contributed by atoms with E-state index in [-0.39, 0.29) is 6.42 Å². The Kier molecular flexibility index (Phi) is 2.91. The van der Waals surface area contributed by atoms with Crippen LogP contribution in [0.3, 0.4) is 0 Å². The van der Waals surface area contributed by atoms with Gasteiger partial charge in [0.1, 0.15) is 0 Å². The van der Waals surface area contributed by atoms with Crippen molar-refractivity contribution in [1.82, 2.24) is 15.0 Å². The maximum atomic E-state index is 10.6. The summed E-state index contributed by atoms with van der Waals surface area (Å²) in [7, 11) is 0. The number of hydrogen-bond donors (Lipinski definition) is 1. The molecule has 0 aliphatic carbocycles. The van der Waals surface area contributed by atoms with Crippen molar-refractivity contribution in [2.24, 2.45) is 0 Å². The second-order valence-corrected chi connectivity index (χ2v) is 4.25. The smallest absolute Gasteiger partial charge is 0.308 e. The first kappa shape index (κ1) is 10.7. The monoisotopic (exact) mass is 235 g/mol. The third-order valence-corrected chi connectivity index (χ3v) is 3.11. The predicted octanol–water partition coefficient (Wildman–Crippen LogP) is 1.54. The average Bonchev–Trinajstić information content (AvgIpc) is 2.61. The molecule has 2 rings (SSSR count). The zero-order chi connectivity index (χ0) is 11.5. The minimum absolute atomic E-state index is 0.00364. The topological polar surface area (TPSA) is 76.0 Å². The van der Waals surface area contributed by atoms with Crippen molar-refractivity contribution in [3.05, 3.63) is 29.0 Å². The fraction of sp³-hybridized carbons (Fsp3) is 0.200. The maximum Gasteiger partial charge on any atom is 0.308 e. The van der Waals surface area contributed by atoms with Crippen LogP contribution in [-0.4, -0.2) is 26.0 Å². The molecule has 0 saturated heterocycles. The third-order valence-electron chi connectivity index (χ3n) is 1.96. The summed E-state index contributed by atoms with van der Waals surface area (Å²) in [5.41, 5.74) is 0.731. The van der Waals surface area contributed by atoms with E-state index < -0.39 is 5.97 Å². The van der Waals surface area contributed by atoms with Crippen molar-refractivity contribution in [2.45, 2.75) is 13.3 Å². The van der Waals surface area contributed by atoms with E-state index in [0.717, 1.165) is 10.6 Å². The van der Waals surface area contributed by atoms with Crippen LogP contribution in [0, 0.1) is 6.92 Å². The van der Waals surface area contributed by atoms with Crippen molar-refractivity contribution >= 4 is 17.3 Å². The zero-order valence-corrected chi connectivity index (χ0v) is 9.36. The highest BCUT2D eigenvalue weighted by Gasteiger charge is 2.13. The van der Waals surface area contributed by atoms with Gasteiger partial charge in [0.05, 0.1) is 12.1 Å². The first-order chi connectivity index (χ1) is 7.66. The van der Waals surface area contributed by atoms with E-state index in [1.807, 2.05) is 0 Å². The van der Waals surface area contributed by atoms with Gasteiger partial charge in [-0.15, -0.1) is 11.3 Å². The molecule has 2 aromatic rings. The van der Waals surface area contributed by atoms with Crippen LogP contribution < -0.4 is 0 Å². The van der Waals surface area contributed by atoms with E-state index in [9.17, 15) is 4.79 Å². The van der Waals surface area contributed by atoms with Gasteiger partial charge in [-0.2, -0.15) is 0 Å². The maximum absolute atomic E-state index is 10.6. The molecule has 0 amide bonds. The second kappa shape index (κ2) is 4.36. The lowest BCUT2D eigenvalue weighted by Crippen LogP contribution is -1.99. The number of carboxylic acid groups (broad SMARTS) is 1. The van der Waals surface area contributed by atoms with Crippen molar-refractivity contribution in [3.8, 4) is 10.8 Å². The summed E-state index contributed by atoms with van der Waals surface area (Å²) in [6.45, 7) is 1.79. The van der Waals surface area contributed by atoms with Crippen molar-refractivity contribution in [1.29, 1.82) is 0 Å². The number of carboxylic acids is 1. The van der Waals surface area contributed by atoms with Crippen LogP contribution in [0.4, 0.5) is 0 Å². The number of aryl methyl sites for hydroxylation is 1. The lowest BCUT2D eigenvalue weighted by molar-refractivity contribution is -0.136. The molecule has 0 atom stereocenters. The molecule has 16 heavy (non-hydrogen) atoms. The van der Waals surface area contributed by atoms with Gasteiger partial charge in [0.15, 0.2) is 10.8 Å². The fourth-order valence-electron chi connectivity index (χ4n) is 1.23. The van der Waals surface area contributed by atoms with Gasteiger partial charge in [0.25, 0.3) is 0 Å². The summed E-state index contributed by atoms with van der Waals surface area (Å²) < 4.78 is 0. The standard InChI is InChI=1S/C10H9N3O2S/c1-6-7(5-8(14)15)16-10(13-6)9-11-3-2-4-12-9/h2-4H,5H2,1H3,(H,14,15). The Morgan fingerprint density at radius 3 is 2.75 bits per heavy atom. The van der Waals surface area contributed by atoms with Crippen molar-refractivity contribution in [2.75, 3.05) is 0 Å². The van der Waals surface area contributed by atoms with Gasteiger partial charge < -0.3 is 5.11 Å². The summed E-state index contributed by atoms with van der Waals surface area (Å²) in [6, 6.07) is 1.72. The molecule has 0 aromatic carbocycles. The van der Waals surface area contributed by atoms with Crippen molar-refractivity contribution in [3.63, 3.8) is 0 Å². The number of aromatic nitrogens is 3. The Balaban J connectivity index is 2.34. The largest absolute Gasteiger partial charge is 0.481 e. The molecule has 1 N–H and O–H groups in total. The molecular weight excluding hydrogens is 226 g/mol. The first-order valence-electron chi connectivity index (χ1n) is 4.62. The zero-order valence-electron chi connectivity index (χ0n) is 8.54. The van der Waals surface area contributed by atoms with E-state index in [4.69, 9.17) is 5.11 Å². The summed E-state index contributed by atoms with van der Waals surface area (Å²) >= 11 is 1.32. The summed E-state index contributed by atoms with van der Waals surface area (Å²) in [5, 5.41) is 9.38. The van der Waals surface area contributed by atoms with Gasteiger partial charge >= 0.3 is 5.97 Å². The highest BCUT2D eigenvalue weighted by Crippen LogP contribution is 2.25. The molecule has 0 aliphatic heterocycles. The molecule has 2 heterocycles. The number of aliphatic carboxylic acids is 1. The van der Waals surface area contributed by atoms with Gasteiger partial charge in [-0.05, 0) is 13.0 Å². The number of rotatable bonds is 3. The number of thiazole rings is 1. The minimum Gasteiger partial charge on any atom is -0.481 e. The Bertz CT molecular complexity index is 510. The SMILES string of the molecule is Cc1nc(-c2ncccn2)sc1CC(=O)O. The van der Waals surface area contributed by atoms with Crippen molar-refractivity contribution < 1.29 is 9.90 Å². The molecule has 0 radical (unpaired) electrons. The number of hydrogen-bond acceptors (Lipinski definition) is 5. The van der Waals surface area contributed by atoms with Gasteiger partial charge in [0, 0.05) is 17.3 Å². The normalized spacial score (nSPS) is 10.3. The van der Waals surface area contributed by atoms with E-state index in [1.54, 1.807) is 25.4 Å². The Morgan fingerprint density at radius 1 is 1.44 bits per heavy atom. The van der Waals surface area contributed by atoms with Gasteiger partial charge in [-0.1, -0.05) is 0 Å². The molecular formula is C10H9N3O2S. The van der Waals surface area contributed by atoms with Crippen LogP contribution in [0.5, 0.6) is 0 Å². The van der Waals surface area contributed by atoms with Crippen LogP contribution in [0.2, 0.25) is 0 Å². The molecule has 0 spiro atoms. The molecule has 6 heteroatoms. The molecule has 0 fully saturated rings. The minimum atomic E-state index is -0.854. The van der Waals surface area contributed by atoms with Crippen LogP contribution in [0.25, 0.3) is 10.8 Å². The fourth-order valence-corrected chi connectivity index (χ4v) is 2.24. The van der Waals surface area contributed by atoms with Gasteiger partial charge in [0.2, 0.25) is 0 Å². The lowest BCUT2D eigenvalue weighted by atomic mass is 10.3. The molecule has 0 unspecified atom stereocenters. The molecule has 0 bridgehead atoms. The summed E-state index contributed by atoms with van der Waals surface area (Å²) in [4.78, 5) is 23.8. The summed E-state index contributed by atoms with van der Waals surface area (Å²) in [5.74, 6) is -0.320. The Morgan fingerprint density at radius 2 is 2.12 bits per heavy atom. The number of carbonyl (C=O) groups is 1. The number of nitrogens with zero attached hydrogens (tertiary/aromatic N) is 3. The van der Waals surface area contributed by atoms with Crippen LogP contribution >= 0.6 is 11.3 Å². The molecule has 82 valence electrons. The highest BCUT2D eigenvalue weighted by atomic mass is 32.1. The van der Waals surface area contributed by atoms with E-state index >= 15 is 0 Å². The van der Waals surface area contributed by atoms with Gasteiger partial charge in [-0.25, -0.2) is 15.0 Å². The van der Waals surface area contributed by atoms with Gasteiger partial charge in [-0.3, -0.25) is 4.79 Å². The van der Waals surface area contributed by atoms with E-state index in [2.05, 4.69) is 15.0 Å². The van der Waals surface area contributed by atoms with E-state index in [0.29, 0.717) is 10.8 Å². The predicted molar refractivity (Wildman–Crippen MR) is 59.2 cm³/mol.